The van der Waals surface area contributed by atoms with Gasteiger partial charge in [0.15, 0.2) is 34.9 Å². The number of rotatable bonds is 10. The Hall–Kier alpha value is -16.0. The van der Waals surface area contributed by atoms with Crippen molar-refractivity contribution in [2.75, 3.05) is 0 Å². The van der Waals surface area contributed by atoms with Gasteiger partial charge in [0, 0.05) is 120 Å². The molecule has 0 fully saturated rings. The van der Waals surface area contributed by atoms with E-state index in [4.69, 9.17) is 34.3 Å². The molecule has 0 bridgehead atoms. The van der Waals surface area contributed by atoms with Crippen LogP contribution in [0.4, 0.5) is 0 Å². The molecule has 0 atom stereocenters. The second-order valence-corrected chi connectivity index (χ2v) is 32.3. The highest BCUT2D eigenvalue weighted by Crippen LogP contribution is 2.48. The quantitative estimate of drug-likeness (QED) is 0.134. The third kappa shape index (κ3) is 11.0. The molecule has 0 aliphatic heterocycles. The van der Waals surface area contributed by atoms with Gasteiger partial charge in [-0.3, -0.25) is 0 Å². The van der Waals surface area contributed by atoms with Crippen LogP contribution in [0, 0.1) is 0 Å². The number of thiophene rings is 1. The Morgan fingerprint density at radius 3 is 1.17 bits per heavy atom. The number of hydrogen-bond donors (Lipinski definition) is 0. The molecular weight excluding hydrogens is 1500 g/mol. The zero-order valence-electron chi connectivity index (χ0n) is 64.9. The number of benzene rings is 17. The molecule has 564 valence electrons. The molecule has 121 heavy (non-hydrogen) atoms. The van der Waals surface area contributed by atoms with Crippen molar-refractivity contribution in [1.29, 1.82) is 0 Å². The van der Waals surface area contributed by atoms with E-state index >= 15 is 0 Å². The van der Waals surface area contributed by atoms with E-state index in [1.54, 1.807) is 0 Å². The fraction of sp³-hybridized carbons (Fsp3) is 0.00917. The zero-order valence-corrected chi connectivity index (χ0v) is 65.8. The van der Waals surface area contributed by atoms with E-state index in [1.165, 1.54) is 96.7 Å². The Bertz CT molecular complexity index is 8440. The van der Waals surface area contributed by atoms with Crippen LogP contribution in [-0.2, 0) is 6.42 Å². The van der Waals surface area contributed by atoms with Gasteiger partial charge in [0.1, 0.15) is 11.2 Å². The first-order chi connectivity index (χ1) is 60.0. The number of para-hydroxylation sites is 5. The molecule has 17 aromatic carbocycles. The van der Waals surface area contributed by atoms with Crippen molar-refractivity contribution in [1.82, 2.24) is 48.2 Å². The van der Waals surface area contributed by atoms with Gasteiger partial charge in [-0.2, -0.15) is 0 Å². The minimum atomic E-state index is 0.639. The molecule has 11 nitrogen and oxygen atoms in total. The first kappa shape index (κ1) is 68.2. The molecule has 0 radical (unpaired) electrons. The molecule has 1 aliphatic rings. The fourth-order valence-corrected chi connectivity index (χ4v) is 20.1. The van der Waals surface area contributed by atoms with Gasteiger partial charge in [0.25, 0.3) is 0 Å². The minimum absolute atomic E-state index is 0.639. The number of nitrogens with zero attached hydrogens (tertiary/aromatic N) is 10. The lowest BCUT2D eigenvalue weighted by Gasteiger charge is -2.12. The molecule has 0 spiro atoms. The summed E-state index contributed by atoms with van der Waals surface area (Å²) >= 11 is 1.88. The summed E-state index contributed by atoms with van der Waals surface area (Å²) in [4.78, 5) is 29.9. The smallest absolute Gasteiger partial charge is 0.164 e. The van der Waals surface area contributed by atoms with E-state index in [9.17, 15) is 0 Å². The number of fused-ring (bicyclic) bond motifs is 23. The standard InChI is InChI=1S/C58H35N5O.C51H31N5S/c1-3-13-35(14-4-1)56-59-57(36-15-5-2-6-16-36)61-58(60-56)39-24-23-37-31-38-25-26-40(33-47(38)46(37)32-39)62-49-20-10-7-17-42(49)48-34-41(27-29-51(48)62)63-50-21-11-8-19-45(50)54-52(63)30-28-44-43-18-9-12-22-53(43)64-55(44)54;1-3-13-32(14-4-1)49-52-50(33-15-5-2-6-16-33)54-51(53-49)34-23-25-35(26-24-34)55-43-20-10-8-18-38(43)42-31-36(27-30-45(42)55)56-44-21-11-7-17-37(44)40-28-29-41-39-19-9-12-22-46(39)57-48(41)47(40)56/h1-30,32-34H,31H2;1-31H. The van der Waals surface area contributed by atoms with Gasteiger partial charge in [-0.05, 0) is 156 Å². The third-order valence-electron chi connectivity index (χ3n) is 24.4. The van der Waals surface area contributed by atoms with E-state index in [-0.39, 0.29) is 0 Å². The average molecular weight is 1560 g/mol. The lowest BCUT2D eigenvalue weighted by Crippen LogP contribution is -2.00. The van der Waals surface area contributed by atoms with Gasteiger partial charge in [-0.1, -0.05) is 261 Å². The second kappa shape index (κ2) is 27.3. The molecular formula is C109H66N10OS. The van der Waals surface area contributed by atoms with E-state index in [1.807, 2.05) is 139 Å². The lowest BCUT2D eigenvalue weighted by molar-refractivity contribution is 0.673. The predicted molar refractivity (Wildman–Crippen MR) is 498 cm³/mol. The highest BCUT2D eigenvalue weighted by molar-refractivity contribution is 7.26. The SMILES string of the molecule is c1ccc(-c2nc(-c3ccccc3)nc(-c3ccc(-n4c5ccccc5c5cc(-n6c7ccccc7c7ccc8c9ccccc9sc8c76)ccc54)cc3)n2)cc1.c1ccc(-c2nc(-c3ccccc3)nc(-c3ccc4c(c3)-c3cc(-n5c6ccccc6c6cc(-n7c8ccccc8c8c9oc%10ccccc%10c9ccc87)ccc65)ccc3C4)n2)cc1. The van der Waals surface area contributed by atoms with Crippen molar-refractivity contribution in [2.45, 2.75) is 6.42 Å². The van der Waals surface area contributed by atoms with Gasteiger partial charge >= 0.3 is 0 Å². The van der Waals surface area contributed by atoms with Gasteiger partial charge in [0.05, 0.1) is 54.2 Å². The van der Waals surface area contributed by atoms with Crippen LogP contribution in [0.3, 0.4) is 0 Å². The van der Waals surface area contributed by atoms with Crippen LogP contribution in [0.2, 0.25) is 0 Å². The van der Waals surface area contributed by atoms with Crippen LogP contribution in [0.15, 0.2) is 393 Å². The molecule has 1 aliphatic carbocycles. The first-order valence-corrected chi connectivity index (χ1v) is 41.7. The Labute approximate surface area is 696 Å². The first-order valence-electron chi connectivity index (χ1n) is 40.8. The summed E-state index contributed by atoms with van der Waals surface area (Å²) in [7, 11) is 0. The van der Waals surface area contributed by atoms with Gasteiger partial charge in [-0.25, -0.2) is 29.9 Å². The monoisotopic (exact) mass is 1560 g/mol. The van der Waals surface area contributed by atoms with Crippen LogP contribution in [-0.4, -0.2) is 48.2 Å². The van der Waals surface area contributed by atoms with Crippen molar-refractivity contribution in [2.24, 2.45) is 0 Å². The van der Waals surface area contributed by atoms with Crippen molar-refractivity contribution in [3.05, 3.63) is 399 Å². The van der Waals surface area contributed by atoms with Crippen LogP contribution >= 0.6 is 11.3 Å². The molecule has 0 amide bonds. The van der Waals surface area contributed by atoms with Crippen LogP contribution in [0.5, 0.6) is 0 Å². The van der Waals surface area contributed by atoms with E-state index in [0.717, 1.165) is 117 Å². The molecule has 0 unspecified atom stereocenters. The average Bonchev–Trinajstić information content (AvgIpc) is 1.56. The maximum atomic E-state index is 6.60. The Balaban J connectivity index is 0.000000135. The predicted octanol–water partition coefficient (Wildman–Crippen LogP) is 28.0. The highest BCUT2D eigenvalue weighted by atomic mass is 32.1. The lowest BCUT2D eigenvalue weighted by atomic mass is 10.0. The van der Waals surface area contributed by atoms with Gasteiger partial charge in [0.2, 0.25) is 0 Å². The topological polar surface area (TPSA) is 110 Å². The number of furan rings is 1. The summed E-state index contributed by atoms with van der Waals surface area (Å²) in [5, 5.41) is 14.6. The summed E-state index contributed by atoms with van der Waals surface area (Å²) in [6, 6.07) is 138. The summed E-state index contributed by atoms with van der Waals surface area (Å²) in [6.07, 6.45) is 0.878. The van der Waals surface area contributed by atoms with Gasteiger partial charge < -0.3 is 22.7 Å². The highest BCUT2D eigenvalue weighted by Gasteiger charge is 2.27. The maximum Gasteiger partial charge on any atom is 0.164 e. The third-order valence-corrected chi connectivity index (χ3v) is 25.6. The molecule has 0 N–H and O–H groups in total. The van der Waals surface area contributed by atoms with Crippen LogP contribution < -0.4 is 0 Å². The molecule has 26 rings (SSSR count). The zero-order chi connectivity index (χ0) is 79.3. The van der Waals surface area contributed by atoms with Crippen molar-refractivity contribution in [3.8, 4) is 102 Å². The summed E-state index contributed by atoms with van der Waals surface area (Å²) in [5.74, 6) is 3.91. The van der Waals surface area contributed by atoms with Crippen molar-refractivity contribution < 1.29 is 4.42 Å². The minimum Gasteiger partial charge on any atom is -0.455 e. The summed E-state index contributed by atoms with van der Waals surface area (Å²) in [5.41, 5.74) is 26.4. The van der Waals surface area contributed by atoms with E-state index in [0.29, 0.717) is 34.9 Å². The van der Waals surface area contributed by atoms with Crippen LogP contribution in [0.1, 0.15) is 11.1 Å². The number of hydrogen-bond acceptors (Lipinski definition) is 8. The molecule has 0 saturated heterocycles. The normalized spacial score (nSPS) is 12.1. The van der Waals surface area contributed by atoms with Crippen LogP contribution in [0.25, 0.3) is 232 Å². The Morgan fingerprint density at radius 1 is 0.231 bits per heavy atom. The second-order valence-electron chi connectivity index (χ2n) is 31.2. The molecule has 8 heterocycles. The van der Waals surface area contributed by atoms with E-state index < -0.39 is 0 Å². The van der Waals surface area contributed by atoms with Crippen molar-refractivity contribution >= 4 is 141 Å². The summed E-state index contributed by atoms with van der Waals surface area (Å²) in [6.45, 7) is 0. The molecule has 12 heteroatoms. The summed E-state index contributed by atoms with van der Waals surface area (Å²) < 4.78 is 18.9. The largest absolute Gasteiger partial charge is 0.455 e. The van der Waals surface area contributed by atoms with Gasteiger partial charge in [-0.15, -0.1) is 11.3 Å². The Morgan fingerprint density at radius 2 is 0.595 bits per heavy atom. The number of aromatic nitrogens is 10. The van der Waals surface area contributed by atoms with Crippen molar-refractivity contribution in [3.63, 3.8) is 0 Å². The Kier molecular flexibility index (Phi) is 15.4. The molecule has 8 aromatic heterocycles. The fourth-order valence-electron chi connectivity index (χ4n) is 18.8. The van der Waals surface area contributed by atoms with E-state index in [2.05, 4.69) is 279 Å². The molecule has 0 saturated carbocycles. The molecule has 25 aromatic rings. The maximum absolute atomic E-state index is 6.60.